The number of methoxy groups -OCH3 is 1. The Morgan fingerprint density at radius 3 is 1.20 bits per heavy atom. The van der Waals surface area contributed by atoms with Crippen molar-refractivity contribution >= 4 is 15.2 Å². The van der Waals surface area contributed by atoms with Crippen molar-refractivity contribution in [3.63, 3.8) is 0 Å². The van der Waals surface area contributed by atoms with Gasteiger partial charge in [0, 0.05) is 5.41 Å². The van der Waals surface area contributed by atoms with Gasteiger partial charge in [-0.15, -0.1) is 9.24 Å². The maximum absolute atomic E-state index is 13.7. The molecule has 0 spiro atoms. The molecule has 3 heteroatoms. The van der Waals surface area contributed by atoms with Crippen molar-refractivity contribution in [1.82, 2.24) is 0 Å². The fourth-order valence-electron chi connectivity index (χ4n) is 8.44. The van der Waals surface area contributed by atoms with Gasteiger partial charge in [-0.25, -0.2) is 0 Å². The first kappa shape index (κ1) is 47.1. The number of hydrogen-bond donors (Lipinski definition) is 0. The third-order valence-electron chi connectivity index (χ3n) is 11.9. The quantitative estimate of drug-likeness (QED) is 0.0393. The molecule has 292 valence electrons. The number of esters is 1. The van der Waals surface area contributed by atoms with Gasteiger partial charge in [-0.05, 0) is 43.7 Å². The lowest BCUT2D eigenvalue weighted by Crippen LogP contribution is -2.51. The molecule has 0 bridgehead atoms. The first-order valence-corrected chi connectivity index (χ1v) is 22.9. The molecule has 0 heterocycles. The second-order valence-corrected chi connectivity index (χ2v) is 17.4. The summed E-state index contributed by atoms with van der Waals surface area (Å²) >= 11 is 0. The van der Waals surface area contributed by atoms with E-state index in [1.165, 1.54) is 204 Å². The molecule has 0 saturated heterocycles. The maximum atomic E-state index is 13.7. The molecular weight excluding hydrogens is 627 g/mol. The van der Waals surface area contributed by atoms with Crippen molar-refractivity contribution in [2.45, 2.75) is 250 Å². The van der Waals surface area contributed by atoms with Crippen LogP contribution in [0.3, 0.4) is 0 Å². The van der Waals surface area contributed by atoms with Crippen LogP contribution in [0.5, 0.6) is 0 Å². The van der Waals surface area contributed by atoms with Crippen LogP contribution in [0, 0.1) is 0 Å². The minimum atomic E-state index is -0.659. The summed E-state index contributed by atoms with van der Waals surface area (Å²) < 4.78 is 5.59. The molecule has 0 saturated carbocycles. The van der Waals surface area contributed by atoms with Crippen LogP contribution in [0.25, 0.3) is 0 Å². The third-order valence-corrected chi connectivity index (χ3v) is 12.6. The van der Waals surface area contributed by atoms with Gasteiger partial charge in [0.2, 0.25) is 0 Å². The van der Waals surface area contributed by atoms with E-state index in [1.54, 1.807) is 7.11 Å². The van der Waals surface area contributed by atoms with E-state index in [4.69, 9.17) is 4.74 Å². The van der Waals surface area contributed by atoms with Gasteiger partial charge in [0.1, 0.15) is 0 Å². The second kappa shape index (κ2) is 31.6. The highest BCUT2D eigenvalue weighted by molar-refractivity contribution is 7.21. The van der Waals surface area contributed by atoms with Crippen LogP contribution in [0.15, 0.2) is 24.3 Å². The summed E-state index contributed by atoms with van der Waals surface area (Å²) in [6.07, 6.45) is 43.6. The van der Waals surface area contributed by atoms with Crippen LogP contribution in [-0.2, 0) is 21.4 Å². The van der Waals surface area contributed by atoms with Crippen molar-refractivity contribution in [2.24, 2.45) is 0 Å². The summed E-state index contributed by atoms with van der Waals surface area (Å²) in [5.74, 6) is -0.0737. The molecule has 1 rings (SSSR count). The smallest absolute Gasteiger partial charge is 0.316 e. The van der Waals surface area contributed by atoms with E-state index in [9.17, 15) is 4.79 Å². The van der Waals surface area contributed by atoms with Crippen molar-refractivity contribution in [3.8, 4) is 0 Å². The summed E-state index contributed by atoms with van der Waals surface area (Å²) in [5, 5.41) is -0.659. The van der Waals surface area contributed by atoms with E-state index in [2.05, 4.69) is 61.2 Å². The summed E-state index contributed by atoms with van der Waals surface area (Å²) in [4.78, 5) is 13.7. The Hall–Kier alpha value is -0.880. The lowest BCUT2D eigenvalue weighted by Gasteiger charge is -2.47. The maximum Gasteiger partial charge on any atom is 0.316 e. The van der Waals surface area contributed by atoms with Gasteiger partial charge < -0.3 is 4.74 Å². The van der Waals surface area contributed by atoms with E-state index in [0.29, 0.717) is 0 Å². The molecule has 0 radical (unpaired) electrons. The van der Waals surface area contributed by atoms with Crippen molar-refractivity contribution < 1.29 is 9.53 Å². The zero-order valence-corrected chi connectivity index (χ0v) is 35.7. The van der Waals surface area contributed by atoms with Crippen LogP contribution >= 0.6 is 9.24 Å². The molecule has 2 unspecified atom stereocenters. The van der Waals surface area contributed by atoms with Gasteiger partial charge in [0.25, 0.3) is 0 Å². The van der Waals surface area contributed by atoms with E-state index in [-0.39, 0.29) is 11.4 Å². The highest BCUT2D eigenvalue weighted by Gasteiger charge is 2.51. The first-order chi connectivity index (χ1) is 24.4. The number of rotatable bonds is 36. The molecule has 1 aromatic carbocycles. The summed E-state index contributed by atoms with van der Waals surface area (Å²) in [6.45, 7) is 9.07. The van der Waals surface area contributed by atoms with Crippen LogP contribution < -0.4 is 0 Å². The number of ether oxygens (including phenoxy) is 1. The summed E-state index contributed by atoms with van der Waals surface area (Å²) in [7, 11) is 4.64. The topological polar surface area (TPSA) is 26.3 Å². The van der Waals surface area contributed by atoms with Crippen LogP contribution in [0.4, 0.5) is 0 Å². The summed E-state index contributed by atoms with van der Waals surface area (Å²) in [5.41, 5.74) is 2.68. The molecule has 50 heavy (non-hydrogen) atoms. The largest absolute Gasteiger partial charge is 0.468 e. The Kier molecular flexibility index (Phi) is 29.8. The van der Waals surface area contributed by atoms with Crippen molar-refractivity contribution in [1.29, 1.82) is 0 Å². The van der Waals surface area contributed by atoms with Gasteiger partial charge in [-0.3, -0.25) is 4.79 Å². The van der Waals surface area contributed by atoms with Gasteiger partial charge in [-0.1, -0.05) is 231 Å². The van der Waals surface area contributed by atoms with Gasteiger partial charge >= 0.3 is 5.97 Å². The molecule has 0 aliphatic heterocycles. The molecule has 0 amide bonds. The molecule has 2 nitrogen and oxygen atoms in total. The minimum absolute atomic E-state index is 0.0737. The monoisotopic (exact) mass is 715 g/mol. The molecule has 0 fully saturated rings. The average Bonchev–Trinajstić information content (AvgIpc) is 3.12. The zero-order valence-electron chi connectivity index (χ0n) is 34.5. The number of carbonyl (C=O) groups is 1. The van der Waals surface area contributed by atoms with Crippen LogP contribution in [-0.4, -0.2) is 18.2 Å². The molecule has 0 N–H and O–H groups in total. The molecule has 2 atom stereocenters. The number of carbonyl (C=O) groups excluding carboxylic acids is 1. The first-order valence-electron chi connectivity index (χ1n) is 22.4. The van der Waals surface area contributed by atoms with Crippen LogP contribution in [0.2, 0.25) is 0 Å². The number of unbranched alkanes of at least 4 members (excludes halogenated alkanes) is 27. The number of hydrogen-bond acceptors (Lipinski definition) is 2. The zero-order chi connectivity index (χ0) is 36.6. The minimum Gasteiger partial charge on any atom is -0.468 e. The van der Waals surface area contributed by atoms with Gasteiger partial charge in [-0.2, -0.15) is 0 Å². The van der Waals surface area contributed by atoms with E-state index in [0.717, 1.165) is 19.3 Å². The Morgan fingerprint density at radius 2 is 0.840 bits per heavy atom. The van der Waals surface area contributed by atoms with Crippen molar-refractivity contribution in [2.75, 3.05) is 7.11 Å². The molecule has 0 aromatic heterocycles. The molecule has 0 aliphatic rings. The van der Waals surface area contributed by atoms with E-state index >= 15 is 0 Å². The molecule has 0 aliphatic carbocycles. The van der Waals surface area contributed by atoms with Gasteiger partial charge in [0.15, 0.2) is 0 Å². The van der Waals surface area contributed by atoms with E-state index in [1.807, 2.05) is 0 Å². The SMILES string of the molecule is CCCCCCCCCCCCc1ccccc1C(CCCCCCCCCCCC)(CCCCCCCCCCCC)C(C)(P)C(=O)OC. The predicted molar refractivity (Wildman–Crippen MR) is 227 cm³/mol. The van der Waals surface area contributed by atoms with Gasteiger partial charge in [0.05, 0.1) is 12.3 Å². The van der Waals surface area contributed by atoms with Crippen molar-refractivity contribution in [3.05, 3.63) is 35.4 Å². The Balaban J connectivity index is 3.01. The second-order valence-electron chi connectivity index (χ2n) is 16.2. The van der Waals surface area contributed by atoms with Crippen LogP contribution in [0.1, 0.15) is 244 Å². The lowest BCUT2D eigenvalue weighted by atomic mass is 9.62. The summed E-state index contributed by atoms with van der Waals surface area (Å²) in [6, 6.07) is 9.25. The highest BCUT2D eigenvalue weighted by atomic mass is 31.0. The Bertz CT molecular complexity index is 884. The fraction of sp³-hybridized carbons (Fsp3) is 0.851. The molecular formula is C47H87O2P. The Morgan fingerprint density at radius 1 is 0.520 bits per heavy atom. The lowest BCUT2D eigenvalue weighted by molar-refractivity contribution is -0.145. The molecule has 1 aromatic rings. The normalized spacial score (nSPS) is 13.1. The average molecular weight is 715 g/mol. The predicted octanol–water partition coefficient (Wildman–Crippen LogP) is 15.8. The number of aryl methyl sites for hydroxylation is 1. The highest BCUT2D eigenvalue weighted by Crippen LogP contribution is 2.51. The number of benzene rings is 1. The van der Waals surface area contributed by atoms with E-state index < -0.39 is 5.16 Å². The Labute approximate surface area is 316 Å². The standard InChI is InChI=1S/C47H87O2P/c1-6-9-12-15-18-21-24-27-30-33-38-43-39-34-35-40-44(43)47(46(4,50)45(48)49-5,41-36-31-28-25-22-19-16-13-10-7-2)42-37-32-29-26-23-20-17-14-11-8-3/h34-35,39-40H,6-33,36-38,41-42,50H2,1-5H3. The third kappa shape index (κ3) is 19.8. The fourth-order valence-corrected chi connectivity index (χ4v) is 9.00.